The minimum atomic E-state index is -0.0577. The maximum absolute atomic E-state index is 12.2. The smallest absolute Gasteiger partial charge is 0.317 e. The predicted octanol–water partition coefficient (Wildman–Crippen LogP) is 1.84. The van der Waals surface area contributed by atoms with Gasteiger partial charge >= 0.3 is 6.03 Å². The molecule has 0 spiro atoms. The first-order valence-electron chi connectivity index (χ1n) is 7.30. The highest BCUT2D eigenvalue weighted by Gasteiger charge is 2.27. The highest BCUT2D eigenvalue weighted by Crippen LogP contribution is 2.15. The van der Waals surface area contributed by atoms with E-state index in [-0.39, 0.29) is 12.1 Å². The molecule has 2 heterocycles. The van der Waals surface area contributed by atoms with Gasteiger partial charge in [0.25, 0.3) is 0 Å². The van der Waals surface area contributed by atoms with E-state index in [9.17, 15) is 4.79 Å². The molecule has 0 radical (unpaired) electrons. The average molecular weight is 298 g/mol. The van der Waals surface area contributed by atoms with Crippen LogP contribution in [0.2, 0.25) is 0 Å². The van der Waals surface area contributed by atoms with Gasteiger partial charge in [-0.15, -0.1) is 0 Å². The largest absolute Gasteiger partial charge is 0.472 e. The Hall–Kier alpha value is -2.63. The van der Waals surface area contributed by atoms with Gasteiger partial charge in [-0.05, 0) is 5.56 Å². The zero-order valence-electron chi connectivity index (χ0n) is 12.2. The van der Waals surface area contributed by atoms with Crippen LogP contribution in [0.1, 0.15) is 12.0 Å². The van der Waals surface area contributed by atoms with Gasteiger partial charge in [0.05, 0.1) is 6.54 Å². The predicted molar refractivity (Wildman–Crippen MR) is 81.3 cm³/mol. The Balaban J connectivity index is 1.46. The molecule has 0 saturated carbocycles. The van der Waals surface area contributed by atoms with Crippen LogP contribution in [0.3, 0.4) is 0 Å². The molecule has 1 aromatic carbocycles. The summed E-state index contributed by atoms with van der Waals surface area (Å²) in [4.78, 5) is 21.8. The maximum atomic E-state index is 12.2. The van der Waals surface area contributed by atoms with Crippen molar-refractivity contribution in [3.05, 3.63) is 54.5 Å². The van der Waals surface area contributed by atoms with E-state index in [1.54, 1.807) is 17.2 Å². The number of nitrogens with zero attached hydrogens (tertiary/aromatic N) is 3. The lowest BCUT2D eigenvalue weighted by Crippen LogP contribution is -2.39. The Labute approximate surface area is 129 Å². The second-order valence-corrected chi connectivity index (χ2v) is 5.17. The second-order valence-electron chi connectivity index (χ2n) is 5.17. The number of benzene rings is 1. The molecule has 1 saturated heterocycles. The molecule has 1 fully saturated rings. The van der Waals surface area contributed by atoms with Gasteiger partial charge in [0.1, 0.15) is 12.4 Å². The molecule has 2 aromatic rings. The zero-order valence-corrected chi connectivity index (χ0v) is 12.2. The summed E-state index contributed by atoms with van der Waals surface area (Å²) in [5.41, 5.74) is 1.09. The van der Waals surface area contributed by atoms with Crippen molar-refractivity contribution in [1.29, 1.82) is 0 Å². The summed E-state index contributed by atoms with van der Waals surface area (Å²) >= 11 is 0. The first-order valence-corrected chi connectivity index (χ1v) is 7.30. The van der Waals surface area contributed by atoms with Crippen LogP contribution < -0.4 is 10.1 Å². The van der Waals surface area contributed by atoms with E-state index in [1.807, 2.05) is 30.3 Å². The Bertz CT molecular complexity index is 606. The number of carbonyl (C=O) groups is 1. The number of hydrogen-bond acceptors (Lipinski definition) is 4. The molecule has 0 bridgehead atoms. The number of hydrogen-bond donors (Lipinski definition) is 1. The monoisotopic (exact) mass is 298 g/mol. The molecule has 3 rings (SSSR count). The van der Waals surface area contributed by atoms with Crippen LogP contribution in [0.25, 0.3) is 0 Å². The van der Waals surface area contributed by atoms with Crippen molar-refractivity contribution in [2.75, 3.05) is 13.1 Å². The molecule has 6 heteroatoms. The van der Waals surface area contributed by atoms with Crippen molar-refractivity contribution < 1.29 is 9.53 Å². The summed E-state index contributed by atoms with van der Waals surface area (Å²) in [5, 5.41) is 2.93. The number of aromatic nitrogens is 2. The molecule has 1 aliphatic rings. The van der Waals surface area contributed by atoms with Crippen LogP contribution in [0.15, 0.2) is 48.9 Å². The summed E-state index contributed by atoms with van der Waals surface area (Å²) in [6, 6.07) is 11.5. The summed E-state index contributed by atoms with van der Waals surface area (Å²) in [6.45, 7) is 1.80. The third kappa shape index (κ3) is 3.72. The van der Waals surface area contributed by atoms with Crippen molar-refractivity contribution in [3.8, 4) is 5.88 Å². The number of likely N-dealkylation sites (tertiary alicyclic amines) is 1. The van der Waals surface area contributed by atoms with Gasteiger partial charge in [-0.3, -0.25) is 0 Å². The van der Waals surface area contributed by atoms with E-state index in [4.69, 9.17) is 4.74 Å². The standard InChI is InChI=1S/C16H18N4O2/c21-16(18-10-13-4-2-1-3-5-13)20-9-7-14(11-20)22-15-6-8-17-12-19-15/h1-6,8,12,14H,7,9-11H2,(H,18,21)/t14-/m0/s1. The molecule has 2 amide bonds. The van der Waals surface area contributed by atoms with Crippen molar-refractivity contribution in [3.63, 3.8) is 0 Å². The Morgan fingerprint density at radius 1 is 1.32 bits per heavy atom. The molecular formula is C16H18N4O2. The van der Waals surface area contributed by atoms with Crippen molar-refractivity contribution in [1.82, 2.24) is 20.2 Å². The van der Waals surface area contributed by atoms with Crippen molar-refractivity contribution in [2.45, 2.75) is 19.1 Å². The van der Waals surface area contributed by atoms with Gasteiger partial charge in [0.2, 0.25) is 5.88 Å². The van der Waals surface area contributed by atoms with Crippen LogP contribution in [0.5, 0.6) is 5.88 Å². The molecule has 1 aromatic heterocycles. The Morgan fingerprint density at radius 3 is 2.95 bits per heavy atom. The number of rotatable bonds is 4. The van der Waals surface area contributed by atoms with Gasteiger partial charge in [-0.25, -0.2) is 14.8 Å². The number of ether oxygens (including phenoxy) is 1. The van der Waals surface area contributed by atoms with Crippen LogP contribution in [-0.2, 0) is 6.54 Å². The van der Waals surface area contributed by atoms with E-state index in [0.29, 0.717) is 25.5 Å². The number of urea groups is 1. The minimum Gasteiger partial charge on any atom is -0.472 e. The lowest BCUT2D eigenvalue weighted by atomic mass is 10.2. The van der Waals surface area contributed by atoms with Gasteiger partial charge in [0.15, 0.2) is 0 Å². The van der Waals surface area contributed by atoms with Gasteiger partial charge < -0.3 is 15.0 Å². The number of carbonyl (C=O) groups excluding carboxylic acids is 1. The van der Waals surface area contributed by atoms with Crippen molar-refractivity contribution >= 4 is 6.03 Å². The minimum absolute atomic E-state index is 0.0163. The topological polar surface area (TPSA) is 67.4 Å². The average Bonchev–Trinajstić information content (AvgIpc) is 3.03. The van der Waals surface area contributed by atoms with E-state index in [1.165, 1.54) is 6.33 Å². The highest BCUT2D eigenvalue weighted by molar-refractivity contribution is 5.74. The van der Waals surface area contributed by atoms with Crippen molar-refractivity contribution in [2.24, 2.45) is 0 Å². The summed E-state index contributed by atoms with van der Waals surface area (Å²) in [5.74, 6) is 0.548. The molecule has 1 atom stereocenters. The quantitative estimate of drug-likeness (QED) is 0.935. The third-order valence-corrected chi connectivity index (χ3v) is 3.56. The first-order chi connectivity index (χ1) is 10.8. The van der Waals surface area contributed by atoms with Gasteiger partial charge in [-0.1, -0.05) is 30.3 Å². The fourth-order valence-corrected chi connectivity index (χ4v) is 2.41. The molecule has 0 unspecified atom stereocenters. The summed E-state index contributed by atoms with van der Waals surface area (Å²) < 4.78 is 5.75. The van der Waals surface area contributed by atoms with Crippen LogP contribution in [0.4, 0.5) is 4.79 Å². The second kappa shape index (κ2) is 6.89. The van der Waals surface area contributed by atoms with E-state index in [2.05, 4.69) is 15.3 Å². The van der Waals surface area contributed by atoms with E-state index >= 15 is 0 Å². The Kier molecular flexibility index (Phi) is 4.48. The van der Waals surface area contributed by atoms with Gasteiger partial charge in [0, 0.05) is 31.8 Å². The van der Waals surface area contributed by atoms with E-state index < -0.39 is 0 Å². The first kappa shape index (κ1) is 14.3. The molecular weight excluding hydrogens is 280 g/mol. The highest BCUT2D eigenvalue weighted by atomic mass is 16.5. The summed E-state index contributed by atoms with van der Waals surface area (Å²) in [7, 11) is 0. The Morgan fingerprint density at radius 2 is 2.18 bits per heavy atom. The number of nitrogens with one attached hydrogen (secondary N) is 1. The molecule has 114 valence electrons. The fraction of sp³-hybridized carbons (Fsp3) is 0.312. The maximum Gasteiger partial charge on any atom is 0.317 e. The zero-order chi connectivity index (χ0) is 15.2. The van der Waals surface area contributed by atoms with Crippen LogP contribution in [-0.4, -0.2) is 40.1 Å². The third-order valence-electron chi connectivity index (χ3n) is 3.56. The molecule has 22 heavy (non-hydrogen) atoms. The molecule has 1 N–H and O–H groups in total. The lowest BCUT2D eigenvalue weighted by molar-refractivity contribution is 0.183. The molecule has 1 aliphatic heterocycles. The molecule has 0 aliphatic carbocycles. The van der Waals surface area contributed by atoms with Crippen LogP contribution in [0, 0.1) is 0 Å². The summed E-state index contributed by atoms with van der Waals surface area (Å²) in [6.07, 6.45) is 3.89. The van der Waals surface area contributed by atoms with E-state index in [0.717, 1.165) is 12.0 Å². The fourth-order valence-electron chi connectivity index (χ4n) is 2.41. The lowest BCUT2D eigenvalue weighted by Gasteiger charge is -2.17. The SMILES string of the molecule is O=C(NCc1ccccc1)N1CC[C@H](Oc2ccncn2)C1. The van der Waals surface area contributed by atoms with Crippen LogP contribution >= 0.6 is 0 Å². The molecule has 6 nitrogen and oxygen atoms in total. The normalized spacial score (nSPS) is 17.3. The number of amides is 2. The van der Waals surface area contributed by atoms with Gasteiger partial charge in [-0.2, -0.15) is 0 Å².